The van der Waals surface area contributed by atoms with E-state index in [0.717, 1.165) is 56.3 Å². The lowest BCUT2D eigenvalue weighted by atomic mass is 10.0. The van der Waals surface area contributed by atoms with E-state index in [1.165, 1.54) is 10.5 Å². The standard InChI is InChI=1S/C37H37N7O4S/c1-42(2)33-14-10-24(20-40-33)29-12-9-25(21-39-29)35-41-30-11-8-23(19-32(30)49-35)5-4-17-48-18-16-43-34(45)15-13-31(37(43)47)44-22-27-26(36(44)46)6-3-7-28(27)38/h3,6-12,14,19-21,31H,4-5,13,15-18,22,38H2,1-2H3. The first-order chi connectivity index (χ1) is 23.8. The van der Waals surface area contributed by atoms with Gasteiger partial charge in [0, 0.05) is 74.0 Å². The molecule has 2 aliphatic rings. The van der Waals surface area contributed by atoms with Gasteiger partial charge in [-0.05, 0) is 73.4 Å². The van der Waals surface area contributed by atoms with Crippen molar-refractivity contribution in [1.82, 2.24) is 24.8 Å². The number of likely N-dealkylation sites (tertiary alicyclic amines) is 1. The Bertz CT molecular complexity index is 2030. The van der Waals surface area contributed by atoms with Gasteiger partial charge in [0.2, 0.25) is 5.91 Å². The molecule has 1 saturated heterocycles. The lowest BCUT2D eigenvalue weighted by molar-refractivity contribution is -0.153. The number of pyridine rings is 2. The summed E-state index contributed by atoms with van der Waals surface area (Å²) in [5, 5.41) is 0.919. The molecule has 0 aliphatic carbocycles. The molecule has 3 aromatic heterocycles. The second kappa shape index (κ2) is 13.7. The van der Waals surface area contributed by atoms with Crippen LogP contribution >= 0.6 is 11.3 Å². The van der Waals surface area contributed by atoms with Crippen molar-refractivity contribution in [2.75, 3.05) is 44.5 Å². The molecule has 12 heteroatoms. The first-order valence-corrected chi connectivity index (χ1v) is 17.2. The summed E-state index contributed by atoms with van der Waals surface area (Å²) in [5.41, 5.74) is 12.8. The van der Waals surface area contributed by atoms with Crippen LogP contribution in [0.4, 0.5) is 11.5 Å². The second-order valence-electron chi connectivity index (χ2n) is 12.5. The highest BCUT2D eigenvalue weighted by Crippen LogP contribution is 2.33. The van der Waals surface area contributed by atoms with Gasteiger partial charge >= 0.3 is 0 Å². The van der Waals surface area contributed by atoms with Crippen LogP contribution in [0.5, 0.6) is 0 Å². The Morgan fingerprint density at radius 3 is 2.57 bits per heavy atom. The molecular formula is C37H37N7O4S. The zero-order chi connectivity index (χ0) is 34.1. The Kier molecular flexibility index (Phi) is 9.07. The zero-order valence-corrected chi connectivity index (χ0v) is 28.3. The monoisotopic (exact) mass is 675 g/mol. The third-order valence-corrected chi connectivity index (χ3v) is 10.1. The number of aryl methyl sites for hydroxylation is 1. The fourth-order valence-electron chi connectivity index (χ4n) is 6.35. The summed E-state index contributed by atoms with van der Waals surface area (Å²) in [5.74, 6) is 0.0987. The first kappa shape index (κ1) is 32.4. The quantitative estimate of drug-likeness (QED) is 0.114. The number of hydrogen-bond donors (Lipinski definition) is 1. The minimum Gasteiger partial charge on any atom is -0.398 e. The summed E-state index contributed by atoms with van der Waals surface area (Å²) >= 11 is 1.64. The number of ether oxygens (including phenoxy) is 1. The van der Waals surface area contributed by atoms with E-state index in [2.05, 4.69) is 22.1 Å². The topological polar surface area (TPSA) is 135 Å². The van der Waals surface area contributed by atoms with Crippen LogP contribution in [0.3, 0.4) is 0 Å². The van der Waals surface area contributed by atoms with E-state index in [1.807, 2.05) is 61.7 Å². The maximum absolute atomic E-state index is 13.3. The molecule has 250 valence electrons. The molecule has 11 nitrogen and oxygen atoms in total. The molecule has 2 aliphatic heterocycles. The van der Waals surface area contributed by atoms with E-state index in [1.54, 1.807) is 34.4 Å². The van der Waals surface area contributed by atoms with E-state index in [-0.39, 0.29) is 43.8 Å². The maximum Gasteiger partial charge on any atom is 0.255 e. The highest BCUT2D eigenvalue weighted by atomic mass is 32.1. The number of fused-ring (bicyclic) bond motifs is 2. The van der Waals surface area contributed by atoms with Crippen molar-refractivity contribution < 1.29 is 19.1 Å². The van der Waals surface area contributed by atoms with Gasteiger partial charge in [0.15, 0.2) is 0 Å². The third-order valence-electron chi connectivity index (χ3n) is 9.07. The van der Waals surface area contributed by atoms with Crippen LogP contribution in [0.2, 0.25) is 0 Å². The van der Waals surface area contributed by atoms with Gasteiger partial charge in [0.25, 0.3) is 11.8 Å². The lowest BCUT2D eigenvalue weighted by Crippen LogP contribution is -2.55. The average Bonchev–Trinajstić information content (AvgIpc) is 3.69. The minimum atomic E-state index is -0.682. The predicted molar refractivity (Wildman–Crippen MR) is 190 cm³/mol. The Labute approximate surface area is 288 Å². The SMILES string of the molecule is CN(C)c1ccc(-c2ccc(-c3nc4ccc(CCCOCCN5C(=O)CCC(N6Cc7c(N)cccc7C6=O)C5=O)cc4s3)cn2)cn1. The summed E-state index contributed by atoms with van der Waals surface area (Å²) < 4.78 is 6.96. The number of piperidine rings is 1. The van der Waals surface area contributed by atoms with Crippen molar-refractivity contribution in [1.29, 1.82) is 0 Å². The molecule has 3 amide bonds. The number of rotatable bonds is 11. The number of anilines is 2. The molecule has 2 N–H and O–H groups in total. The molecule has 2 aromatic carbocycles. The molecule has 5 aromatic rings. The van der Waals surface area contributed by atoms with Crippen LogP contribution in [0.25, 0.3) is 32.0 Å². The first-order valence-electron chi connectivity index (χ1n) is 16.4. The maximum atomic E-state index is 13.3. The smallest absolute Gasteiger partial charge is 0.255 e. The van der Waals surface area contributed by atoms with Gasteiger partial charge in [0.05, 0.1) is 29.1 Å². The normalized spacial score (nSPS) is 16.1. The number of carbonyl (C=O) groups excluding carboxylic acids is 3. The number of hydrogen-bond acceptors (Lipinski definition) is 10. The molecule has 0 spiro atoms. The van der Waals surface area contributed by atoms with Crippen LogP contribution in [-0.4, -0.2) is 82.4 Å². The molecule has 0 bridgehead atoms. The van der Waals surface area contributed by atoms with E-state index in [9.17, 15) is 14.4 Å². The summed E-state index contributed by atoms with van der Waals surface area (Å²) in [6, 6.07) is 18.9. The molecule has 49 heavy (non-hydrogen) atoms. The molecular weight excluding hydrogens is 639 g/mol. The number of imide groups is 1. The Hall–Kier alpha value is -5.20. The number of aromatic nitrogens is 3. The van der Waals surface area contributed by atoms with Gasteiger partial charge in [-0.25, -0.2) is 9.97 Å². The zero-order valence-electron chi connectivity index (χ0n) is 27.5. The molecule has 7 rings (SSSR count). The summed E-state index contributed by atoms with van der Waals surface area (Å²) in [7, 11) is 3.93. The van der Waals surface area contributed by atoms with E-state index >= 15 is 0 Å². The largest absolute Gasteiger partial charge is 0.398 e. The van der Waals surface area contributed by atoms with Crippen molar-refractivity contribution in [3.05, 3.63) is 89.7 Å². The van der Waals surface area contributed by atoms with Crippen molar-refractivity contribution in [3.8, 4) is 21.8 Å². The fraction of sp³-hybridized carbons (Fsp3) is 0.297. The van der Waals surface area contributed by atoms with Gasteiger partial charge in [-0.1, -0.05) is 12.1 Å². The van der Waals surface area contributed by atoms with Gasteiger partial charge < -0.3 is 20.3 Å². The summed E-state index contributed by atoms with van der Waals surface area (Å²) in [6.45, 7) is 1.18. The number of amides is 3. The van der Waals surface area contributed by atoms with Gasteiger partial charge in [-0.3, -0.25) is 24.3 Å². The van der Waals surface area contributed by atoms with Crippen LogP contribution in [0, 0.1) is 0 Å². The Balaban J connectivity index is 0.890. The summed E-state index contributed by atoms with van der Waals surface area (Å²) in [4.78, 5) is 57.7. The number of nitrogens with zero attached hydrogens (tertiary/aromatic N) is 6. The molecule has 0 saturated carbocycles. The minimum absolute atomic E-state index is 0.163. The molecule has 5 heterocycles. The number of carbonyl (C=O) groups is 3. The van der Waals surface area contributed by atoms with Gasteiger partial charge in [0.1, 0.15) is 16.9 Å². The van der Waals surface area contributed by atoms with Crippen molar-refractivity contribution in [3.63, 3.8) is 0 Å². The van der Waals surface area contributed by atoms with Crippen LogP contribution < -0.4 is 10.6 Å². The van der Waals surface area contributed by atoms with Gasteiger partial charge in [-0.2, -0.15) is 0 Å². The number of nitrogen functional groups attached to an aromatic ring is 1. The summed E-state index contributed by atoms with van der Waals surface area (Å²) in [6.07, 6.45) is 5.83. The highest BCUT2D eigenvalue weighted by Gasteiger charge is 2.42. The Morgan fingerprint density at radius 1 is 0.980 bits per heavy atom. The second-order valence-corrected chi connectivity index (χ2v) is 13.5. The molecule has 1 fully saturated rings. The number of benzene rings is 2. The molecule has 1 atom stereocenters. The van der Waals surface area contributed by atoms with Gasteiger partial charge in [-0.15, -0.1) is 11.3 Å². The third kappa shape index (κ3) is 6.61. The van der Waals surface area contributed by atoms with E-state index in [4.69, 9.17) is 15.5 Å². The lowest BCUT2D eigenvalue weighted by Gasteiger charge is -2.35. The highest BCUT2D eigenvalue weighted by molar-refractivity contribution is 7.21. The van der Waals surface area contributed by atoms with Crippen molar-refractivity contribution in [2.45, 2.75) is 38.3 Å². The Morgan fingerprint density at radius 2 is 1.82 bits per heavy atom. The molecule has 0 radical (unpaired) electrons. The van der Waals surface area contributed by atoms with Crippen LogP contribution in [-0.2, 0) is 27.3 Å². The van der Waals surface area contributed by atoms with E-state index in [0.29, 0.717) is 24.3 Å². The number of nitrogens with two attached hydrogens (primary N) is 1. The average molecular weight is 676 g/mol. The fourth-order valence-corrected chi connectivity index (χ4v) is 7.37. The molecule has 1 unspecified atom stereocenters. The number of thiazole rings is 1. The predicted octanol–water partition coefficient (Wildman–Crippen LogP) is 5.19. The van der Waals surface area contributed by atoms with Crippen molar-refractivity contribution >= 4 is 50.8 Å². The van der Waals surface area contributed by atoms with E-state index < -0.39 is 6.04 Å². The van der Waals surface area contributed by atoms with Crippen LogP contribution in [0.15, 0.2) is 73.1 Å². The van der Waals surface area contributed by atoms with Crippen molar-refractivity contribution in [2.24, 2.45) is 0 Å². The van der Waals surface area contributed by atoms with Crippen LogP contribution in [0.1, 0.15) is 40.7 Å².